The molecule has 2 unspecified atom stereocenters. The fourth-order valence-electron chi connectivity index (χ4n) is 1.95. The monoisotopic (exact) mass is 236 g/mol. The van der Waals surface area contributed by atoms with Crippen molar-refractivity contribution in [1.82, 2.24) is 0 Å². The van der Waals surface area contributed by atoms with E-state index in [2.05, 4.69) is 0 Å². The van der Waals surface area contributed by atoms with Crippen LogP contribution in [0.4, 0.5) is 0 Å². The van der Waals surface area contributed by atoms with E-state index in [1.807, 2.05) is 31.2 Å². The number of aliphatic hydroxyl groups excluding tert-OH is 1. The van der Waals surface area contributed by atoms with Crippen LogP contribution in [0.15, 0.2) is 24.3 Å². The quantitative estimate of drug-likeness (QED) is 0.854. The molecule has 1 aromatic rings. The van der Waals surface area contributed by atoms with Crippen molar-refractivity contribution in [1.29, 1.82) is 0 Å². The molecule has 0 aliphatic carbocycles. The Kier molecular flexibility index (Phi) is 4.40. The first kappa shape index (κ1) is 12.4. The molecule has 17 heavy (non-hydrogen) atoms. The summed E-state index contributed by atoms with van der Waals surface area (Å²) in [4.78, 5) is 0. The first-order valence-electron chi connectivity index (χ1n) is 6.28. The third-order valence-corrected chi connectivity index (χ3v) is 3.16. The Hall–Kier alpha value is -1.06. The molecule has 1 heterocycles. The smallest absolute Gasteiger partial charge is 0.119 e. The summed E-state index contributed by atoms with van der Waals surface area (Å²) in [6.07, 6.45) is 1.46. The predicted molar refractivity (Wildman–Crippen MR) is 66.1 cm³/mol. The Bertz CT molecular complexity index is 328. The van der Waals surface area contributed by atoms with Gasteiger partial charge in [0.15, 0.2) is 0 Å². The van der Waals surface area contributed by atoms with Gasteiger partial charge in [0.05, 0.1) is 19.3 Å². The second-order valence-corrected chi connectivity index (χ2v) is 4.53. The molecule has 1 N–H and O–H groups in total. The zero-order valence-electron chi connectivity index (χ0n) is 10.3. The Balaban J connectivity index is 1.84. The molecule has 3 heteroatoms. The van der Waals surface area contributed by atoms with E-state index in [0.29, 0.717) is 5.92 Å². The highest BCUT2D eigenvalue weighted by molar-refractivity contribution is 5.28. The number of aliphatic hydroxyl groups is 1. The molecule has 0 spiro atoms. The molecule has 1 aliphatic heterocycles. The lowest BCUT2D eigenvalue weighted by atomic mass is 10.1. The van der Waals surface area contributed by atoms with Crippen molar-refractivity contribution in [2.75, 3.05) is 19.8 Å². The van der Waals surface area contributed by atoms with Crippen LogP contribution in [-0.2, 0) is 4.74 Å². The third-order valence-electron chi connectivity index (χ3n) is 3.16. The third kappa shape index (κ3) is 3.45. The standard InChI is InChI=1S/C14H20O3/c1-2-14(15)12-3-5-13(6-4-12)17-10-11-7-8-16-9-11/h3-6,11,14-15H,2,7-10H2,1H3. The highest BCUT2D eigenvalue weighted by atomic mass is 16.5. The first-order chi connectivity index (χ1) is 8.29. The van der Waals surface area contributed by atoms with Gasteiger partial charge in [-0.1, -0.05) is 19.1 Å². The van der Waals surface area contributed by atoms with Crippen molar-refractivity contribution >= 4 is 0 Å². The van der Waals surface area contributed by atoms with E-state index >= 15 is 0 Å². The van der Waals surface area contributed by atoms with Crippen LogP contribution in [-0.4, -0.2) is 24.9 Å². The average Bonchev–Trinajstić information content (AvgIpc) is 2.89. The first-order valence-corrected chi connectivity index (χ1v) is 6.28. The SMILES string of the molecule is CCC(O)c1ccc(OCC2CCOC2)cc1. The minimum Gasteiger partial charge on any atom is -0.493 e. The minimum absolute atomic E-state index is 0.368. The van der Waals surface area contributed by atoms with E-state index in [1.165, 1.54) is 0 Å². The van der Waals surface area contributed by atoms with Crippen LogP contribution >= 0.6 is 0 Å². The van der Waals surface area contributed by atoms with Crippen molar-refractivity contribution in [3.63, 3.8) is 0 Å². The van der Waals surface area contributed by atoms with Crippen molar-refractivity contribution < 1.29 is 14.6 Å². The van der Waals surface area contributed by atoms with Crippen LogP contribution in [0.5, 0.6) is 5.75 Å². The van der Waals surface area contributed by atoms with Gasteiger partial charge in [0.2, 0.25) is 0 Å². The molecule has 0 amide bonds. The summed E-state index contributed by atoms with van der Waals surface area (Å²) >= 11 is 0. The molecule has 94 valence electrons. The fraction of sp³-hybridized carbons (Fsp3) is 0.571. The zero-order valence-corrected chi connectivity index (χ0v) is 10.3. The highest BCUT2D eigenvalue weighted by Gasteiger charge is 2.16. The lowest BCUT2D eigenvalue weighted by Crippen LogP contribution is -2.11. The number of rotatable bonds is 5. The lowest BCUT2D eigenvalue weighted by molar-refractivity contribution is 0.166. The van der Waals surface area contributed by atoms with E-state index in [1.54, 1.807) is 0 Å². The van der Waals surface area contributed by atoms with Crippen LogP contribution in [0.1, 0.15) is 31.4 Å². The van der Waals surface area contributed by atoms with E-state index in [-0.39, 0.29) is 6.10 Å². The summed E-state index contributed by atoms with van der Waals surface area (Å²) in [5.74, 6) is 1.39. The van der Waals surface area contributed by atoms with Crippen LogP contribution in [0.2, 0.25) is 0 Å². The number of ether oxygens (including phenoxy) is 2. The molecule has 0 bridgehead atoms. The van der Waals surface area contributed by atoms with Crippen molar-refractivity contribution in [3.05, 3.63) is 29.8 Å². The molecule has 1 fully saturated rings. The van der Waals surface area contributed by atoms with Gasteiger partial charge < -0.3 is 14.6 Å². The lowest BCUT2D eigenvalue weighted by Gasteiger charge is -2.12. The van der Waals surface area contributed by atoms with Gasteiger partial charge in [-0.15, -0.1) is 0 Å². The predicted octanol–water partition coefficient (Wildman–Crippen LogP) is 2.55. The minimum atomic E-state index is -0.368. The van der Waals surface area contributed by atoms with Crippen molar-refractivity contribution in [2.45, 2.75) is 25.9 Å². The largest absolute Gasteiger partial charge is 0.493 e. The highest BCUT2D eigenvalue weighted by Crippen LogP contribution is 2.21. The van der Waals surface area contributed by atoms with Crippen LogP contribution in [0, 0.1) is 5.92 Å². The second-order valence-electron chi connectivity index (χ2n) is 4.53. The van der Waals surface area contributed by atoms with E-state index < -0.39 is 0 Å². The summed E-state index contributed by atoms with van der Waals surface area (Å²) in [6, 6.07) is 7.69. The van der Waals surface area contributed by atoms with Gasteiger partial charge >= 0.3 is 0 Å². The maximum Gasteiger partial charge on any atom is 0.119 e. The van der Waals surface area contributed by atoms with Gasteiger partial charge in [-0.05, 0) is 30.5 Å². The Labute approximate surface area is 102 Å². The Morgan fingerprint density at radius 1 is 1.41 bits per heavy atom. The zero-order chi connectivity index (χ0) is 12.1. The number of hydrogen-bond acceptors (Lipinski definition) is 3. The van der Waals surface area contributed by atoms with Crippen LogP contribution in [0.3, 0.4) is 0 Å². The molecule has 0 radical (unpaired) electrons. The normalized spacial score (nSPS) is 21.4. The Morgan fingerprint density at radius 3 is 2.76 bits per heavy atom. The van der Waals surface area contributed by atoms with Crippen LogP contribution in [0.25, 0.3) is 0 Å². The molecule has 2 rings (SSSR count). The summed E-state index contributed by atoms with van der Waals surface area (Å²) in [6.45, 7) is 4.35. The molecular formula is C14H20O3. The van der Waals surface area contributed by atoms with Crippen LogP contribution < -0.4 is 4.74 Å². The van der Waals surface area contributed by atoms with Gasteiger partial charge in [-0.3, -0.25) is 0 Å². The topological polar surface area (TPSA) is 38.7 Å². The fourth-order valence-corrected chi connectivity index (χ4v) is 1.95. The maximum atomic E-state index is 9.67. The number of hydrogen-bond donors (Lipinski definition) is 1. The molecule has 2 atom stereocenters. The molecule has 3 nitrogen and oxygen atoms in total. The summed E-state index contributed by atoms with van der Waals surface area (Å²) in [5.41, 5.74) is 0.948. The summed E-state index contributed by atoms with van der Waals surface area (Å²) < 4.78 is 11.0. The molecule has 0 aromatic heterocycles. The maximum absolute atomic E-state index is 9.67. The van der Waals surface area contributed by atoms with Gasteiger partial charge in [-0.2, -0.15) is 0 Å². The molecular weight excluding hydrogens is 216 g/mol. The van der Waals surface area contributed by atoms with Gasteiger partial charge in [-0.25, -0.2) is 0 Å². The van der Waals surface area contributed by atoms with Crippen molar-refractivity contribution in [2.24, 2.45) is 5.92 Å². The molecule has 1 saturated heterocycles. The van der Waals surface area contributed by atoms with Gasteiger partial charge in [0.1, 0.15) is 5.75 Å². The second kappa shape index (κ2) is 6.03. The van der Waals surface area contributed by atoms with Crippen molar-refractivity contribution in [3.8, 4) is 5.75 Å². The van der Waals surface area contributed by atoms with Gasteiger partial charge in [0.25, 0.3) is 0 Å². The number of benzene rings is 1. The molecule has 1 aliphatic rings. The summed E-state index contributed by atoms with van der Waals surface area (Å²) in [7, 11) is 0. The average molecular weight is 236 g/mol. The van der Waals surface area contributed by atoms with E-state index in [9.17, 15) is 5.11 Å². The summed E-state index contributed by atoms with van der Waals surface area (Å²) in [5, 5.41) is 9.67. The molecule has 1 aromatic carbocycles. The molecule has 0 saturated carbocycles. The van der Waals surface area contributed by atoms with E-state index in [4.69, 9.17) is 9.47 Å². The van der Waals surface area contributed by atoms with E-state index in [0.717, 1.165) is 44.0 Å². The van der Waals surface area contributed by atoms with Gasteiger partial charge in [0, 0.05) is 12.5 Å². The Morgan fingerprint density at radius 2 is 2.18 bits per heavy atom.